The monoisotopic (exact) mass is 277 g/mol. The summed E-state index contributed by atoms with van der Waals surface area (Å²) in [6.45, 7) is -0.321. The second-order valence-electron chi connectivity index (χ2n) is 3.62. The molecule has 0 heterocycles. The number of esters is 1. The van der Waals surface area contributed by atoms with Crippen molar-refractivity contribution in [3.05, 3.63) is 23.8 Å². The van der Waals surface area contributed by atoms with Gasteiger partial charge < -0.3 is 19.5 Å². The largest absolute Gasteiger partial charge is 0.497 e. The summed E-state index contributed by atoms with van der Waals surface area (Å²) in [4.78, 5) is 23.1. The molecule has 0 fully saturated rings. The summed E-state index contributed by atoms with van der Waals surface area (Å²) in [5.41, 5.74) is 0.207. The molecule has 6 nitrogen and oxygen atoms in total. The lowest BCUT2D eigenvalue weighted by Crippen LogP contribution is -2.29. The topological polar surface area (TPSA) is 73.9 Å². The SMILES string of the molecule is C#CCNC(=O)COC(=O)c1ccc(OC)cc1OC. The zero-order valence-corrected chi connectivity index (χ0v) is 11.3. The van der Waals surface area contributed by atoms with Crippen LogP contribution in [0, 0.1) is 12.3 Å². The van der Waals surface area contributed by atoms with Crippen molar-refractivity contribution in [2.45, 2.75) is 0 Å². The van der Waals surface area contributed by atoms with Gasteiger partial charge >= 0.3 is 5.97 Å². The highest BCUT2D eigenvalue weighted by molar-refractivity contribution is 5.94. The van der Waals surface area contributed by atoms with Crippen LogP contribution in [0.2, 0.25) is 0 Å². The van der Waals surface area contributed by atoms with Crippen molar-refractivity contribution in [2.75, 3.05) is 27.4 Å². The standard InChI is InChI=1S/C14H15NO5/c1-4-7-15-13(16)9-20-14(17)11-6-5-10(18-2)8-12(11)19-3/h1,5-6,8H,7,9H2,2-3H3,(H,15,16). The van der Waals surface area contributed by atoms with Crippen LogP contribution in [0.5, 0.6) is 11.5 Å². The third-order valence-corrected chi connectivity index (χ3v) is 2.35. The van der Waals surface area contributed by atoms with E-state index in [1.807, 2.05) is 0 Å². The molecule has 0 aliphatic rings. The van der Waals surface area contributed by atoms with Gasteiger partial charge in [0.2, 0.25) is 0 Å². The number of carbonyl (C=O) groups is 2. The Morgan fingerprint density at radius 1 is 1.30 bits per heavy atom. The van der Waals surface area contributed by atoms with Crippen LogP contribution in [0.25, 0.3) is 0 Å². The number of hydrogen-bond acceptors (Lipinski definition) is 5. The number of methoxy groups -OCH3 is 2. The van der Waals surface area contributed by atoms with Gasteiger partial charge in [-0.05, 0) is 12.1 Å². The molecule has 0 spiro atoms. The van der Waals surface area contributed by atoms with Crippen molar-refractivity contribution in [3.63, 3.8) is 0 Å². The van der Waals surface area contributed by atoms with Gasteiger partial charge in [0.15, 0.2) is 6.61 Å². The lowest BCUT2D eigenvalue weighted by atomic mass is 10.2. The molecule has 0 bridgehead atoms. The zero-order valence-electron chi connectivity index (χ0n) is 11.3. The highest BCUT2D eigenvalue weighted by Gasteiger charge is 2.15. The van der Waals surface area contributed by atoms with Crippen LogP contribution in [0.15, 0.2) is 18.2 Å². The zero-order chi connectivity index (χ0) is 15.0. The van der Waals surface area contributed by atoms with Crippen molar-refractivity contribution < 1.29 is 23.8 Å². The summed E-state index contributed by atoms with van der Waals surface area (Å²) in [7, 11) is 2.92. The predicted octanol–water partition coefficient (Wildman–Crippen LogP) is 0.610. The summed E-state index contributed by atoms with van der Waals surface area (Å²) < 4.78 is 15.0. The van der Waals surface area contributed by atoms with Crippen molar-refractivity contribution in [1.82, 2.24) is 5.32 Å². The molecule has 0 saturated heterocycles. The van der Waals surface area contributed by atoms with Crippen molar-refractivity contribution in [3.8, 4) is 23.8 Å². The van der Waals surface area contributed by atoms with Crippen LogP contribution in [0.3, 0.4) is 0 Å². The van der Waals surface area contributed by atoms with Crippen molar-refractivity contribution >= 4 is 11.9 Å². The molecule has 6 heteroatoms. The van der Waals surface area contributed by atoms with E-state index in [0.717, 1.165) is 0 Å². The van der Waals surface area contributed by atoms with E-state index in [2.05, 4.69) is 11.2 Å². The first-order valence-electron chi connectivity index (χ1n) is 5.71. The molecular weight excluding hydrogens is 262 g/mol. The molecule has 0 unspecified atom stereocenters. The normalized spacial score (nSPS) is 9.25. The highest BCUT2D eigenvalue weighted by atomic mass is 16.5. The highest BCUT2D eigenvalue weighted by Crippen LogP contribution is 2.25. The molecule has 0 radical (unpaired) electrons. The summed E-state index contributed by atoms with van der Waals surface area (Å²) in [6.07, 6.45) is 4.99. The number of hydrogen-bond donors (Lipinski definition) is 1. The first-order chi connectivity index (χ1) is 9.62. The minimum atomic E-state index is -0.666. The van der Waals surface area contributed by atoms with Crippen molar-refractivity contribution in [1.29, 1.82) is 0 Å². The van der Waals surface area contributed by atoms with E-state index in [4.69, 9.17) is 20.6 Å². The van der Waals surface area contributed by atoms with Crippen LogP contribution in [-0.4, -0.2) is 39.2 Å². The summed E-state index contributed by atoms with van der Waals surface area (Å²) >= 11 is 0. The van der Waals surface area contributed by atoms with Crippen LogP contribution >= 0.6 is 0 Å². The van der Waals surface area contributed by atoms with Gasteiger partial charge in [0.25, 0.3) is 5.91 Å². The molecule has 0 aliphatic carbocycles. The average Bonchev–Trinajstić information content (AvgIpc) is 2.49. The van der Waals surface area contributed by atoms with Gasteiger partial charge in [-0.2, -0.15) is 0 Å². The summed E-state index contributed by atoms with van der Waals surface area (Å²) in [6, 6.07) is 4.64. The van der Waals surface area contributed by atoms with Gasteiger partial charge in [-0.25, -0.2) is 4.79 Å². The number of carbonyl (C=O) groups excluding carboxylic acids is 2. The fourth-order valence-corrected chi connectivity index (χ4v) is 1.38. The fraction of sp³-hybridized carbons (Fsp3) is 0.286. The summed E-state index contributed by atoms with van der Waals surface area (Å²) in [5.74, 6) is 1.96. The van der Waals surface area contributed by atoms with Gasteiger partial charge in [0, 0.05) is 6.07 Å². The van der Waals surface area contributed by atoms with Crippen LogP contribution in [-0.2, 0) is 9.53 Å². The minimum absolute atomic E-state index is 0.0856. The third-order valence-electron chi connectivity index (χ3n) is 2.35. The van der Waals surface area contributed by atoms with Crippen molar-refractivity contribution in [2.24, 2.45) is 0 Å². The van der Waals surface area contributed by atoms with E-state index in [1.54, 1.807) is 12.1 Å². The second-order valence-corrected chi connectivity index (χ2v) is 3.62. The molecule has 106 valence electrons. The number of amides is 1. The van der Waals surface area contributed by atoms with Gasteiger partial charge in [-0.15, -0.1) is 6.42 Å². The van der Waals surface area contributed by atoms with E-state index < -0.39 is 18.5 Å². The molecule has 1 rings (SSSR count). The Bertz CT molecular complexity index is 533. The lowest BCUT2D eigenvalue weighted by Gasteiger charge is -2.10. The third kappa shape index (κ3) is 4.21. The average molecular weight is 277 g/mol. The van der Waals surface area contributed by atoms with Gasteiger partial charge in [0.05, 0.1) is 20.8 Å². The van der Waals surface area contributed by atoms with E-state index >= 15 is 0 Å². The number of nitrogens with one attached hydrogen (secondary N) is 1. The Morgan fingerprint density at radius 3 is 2.65 bits per heavy atom. The molecular formula is C14H15NO5. The molecule has 20 heavy (non-hydrogen) atoms. The Labute approximate surface area is 117 Å². The number of rotatable bonds is 6. The Morgan fingerprint density at radius 2 is 2.05 bits per heavy atom. The van der Waals surface area contributed by atoms with Gasteiger partial charge in [-0.3, -0.25) is 4.79 Å². The van der Waals surface area contributed by atoms with E-state index in [1.165, 1.54) is 20.3 Å². The number of benzene rings is 1. The molecule has 0 aromatic heterocycles. The van der Waals surface area contributed by atoms with Crippen LogP contribution in [0.4, 0.5) is 0 Å². The van der Waals surface area contributed by atoms with Crippen LogP contribution in [0.1, 0.15) is 10.4 Å². The molecule has 1 aromatic carbocycles. The first kappa shape index (κ1) is 15.4. The molecule has 1 N–H and O–H groups in total. The second kappa shape index (κ2) is 7.69. The number of terminal acetylenes is 1. The fourth-order valence-electron chi connectivity index (χ4n) is 1.38. The first-order valence-corrected chi connectivity index (χ1v) is 5.71. The van der Waals surface area contributed by atoms with Gasteiger partial charge in [-0.1, -0.05) is 5.92 Å². The van der Waals surface area contributed by atoms with E-state index in [0.29, 0.717) is 11.5 Å². The smallest absolute Gasteiger partial charge is 0.342 e. The van der Waals surface area contributed by atoms with E-state index in [-0.39, 0.29) is 12.1 Å². The molecule has 0 saturated carbocycles. The minimum Gasteiger partial charge on any atom is -0.497 e. The van der Waals surface area contributed by atoms with Crippen LogP contribution < -0.4 is 14.8 Å². The lowest BCUT2D eigenvalue weighted by molar-refractivity contribution is -0.123. The molecule has 0 atom stereocenters. The molecule has 1 amide bonds. The van der Waals surface area contributed by atoms with Gasteiger partial charge in [0.1, 0.15) is 17.1 Å². The summed E-state index contributed by atoms with van der Waals surface area (Å²) in [5, 5.41) is 2.38. The maximum atomic E-state index is 11.8. The Kier molecular flexibility index (Phi) is 5.91. The maximum Gasteiger partial charge on any atom is 0.342 e. The number of ether oxygens (including phenoxy) is 3. The Hall–Kier alpha value is -2.68. The quantitative estimate of drug-likeness (QED) is 0.609. The predicted molar refractivity (Wildman–Crippen MR) is 71.7 cm³/mol. The Balaban J connectivity index is 2.68. The maximum absolute atomic E-state index is 11.8. The molecule has 1 aromatic rings. The van der Waals surface area contributed by atoms with E-state index in [9.17, 15) is 9.59 Å². The molecule has 0 aliphatic heterocycles.